The van der Waals surface area contributed by atoms with Crippen LogP contribution in [0.25, 0.3) is 11.0 Å². The van der Waals surface area contributed by atoms with Gasteiger partial charge in [-0.25, -0.2) is 14.6 Å². The Kier molecular flexibility index (Phi) is 4.69. The number of carbonyl (C=O) groups excluding carboxylic acids is 2. The van der Waals surface area contributed by atoms with Crippen LogP contribution < -0.4 is 16.6 Å². The zero-order valence-electron chi connectivity index (χ0n) is 12.4. The van der Waals surface area contributed by atoms with Gasteiger partial charge in [0.25, 0.3) is 11.5 Å². The Hall–Kier alpha value is -3.23. The fourth-order valence-electron chi connectivity index (χ4n) is 1.95. The first-order chi connectivity index (χ1) is 10.9. The Labute approximate surface area is 129 Å². The smallest absolute Gasteiger partial charge is 0.330 e. The molecule has 2 rings (SSSR count). The molecule has 0 aliphatic heterocycles. The van der Waals surface area contributed by atoms with Crippen LogP contribution >= 0.6 is 0 Å². The van der Waals surface area contributed by atoms with Gasteiger partial charge in [-0.2, -0.15) is 0 Å². The van der Waals surface area contributed by atoms with Crippen LogP contribution in [-0.2, 0) is 9.53 Å². The van der Waals surface area contributed by atoms with E-state index in [4.69, 9.17) is 0 Å². The van der Waals surface area contributed by atoms with Gasteiger partial charge in [-0.15, -0.1) is 0 Å². The zero-order chi connectivity index (χ0) is 17.0. The number of carbonyl (C=O) groups is 2. The molecule has 9 nitrogen and oxygen atoms in total. The lowest BCUT2D eigenvalue weighted by Gasteiger charge is -2.06. The molecule has 0 saturated heterocycles. The third kappa shape index (κ3) is 3.70. The summed E-state index contributed by atoms with van der Waals surface area (Å²) in [7, 11) is 1.24. The van der Waals surface area contributed by atoms with Crippen LogP contribution in [0.1, 0.15) is 16.1 Å². The van der Waals surface area contributed by atoms with Gasteiger partial charge in [-0.05, 0) is 13.0 Å². The highest BCUT2D eigenvalue weighted by molar-refractivity contribution is 6.05. The molecular weight excluding hydrogens is 304 g/mol. The molecule has 120 valence electrons. The lowest BCUT2D eigenvalue weighted by molar-refractivity contribution is -0.134. The van der Waals surface area contributed by atoms with Gasteiger partial charge in [0.05, 0.1) is 18.1 Å². The first-order valence-electron chi connectivity index (χ1n) is 6.59. The summed E-state index contributed by atoms with van der Waals surface area (Å²) in [5, 5.41) is 2.52. The number of aryl methyl sites for hydroxylation is 1. The SMILES string of the molecule is COC(=O)/C=C/CNC(=O)c1cc(C)nc2[nH]c(=O)[nH]c(=O)c12. The topological polar surface area (TPSA) is 134 Å². The Balaban J connectivity index is 2.34. The summed E-state index contributed by atoms with van der Waals surface area (Å²) < 4.78 is 4.42. The van der Waals surface area contributed by atoms with E-state index < -0.39 is 23.1 Å². The molecule has 0 fully saturated rings. The number of rotatable bonds is 4. The van der Waals surface area contributed by atoms with Crippen molar-refractivity contribution in [3.8, 4) is 0 Å². The Bertz CT molecular complexity index is 910. The standard InChI is InChI=1S/C14H14N4O5/c1-7-6-8(12(20)15-5-3-4-9(19)23-2)10-11(16-7)17-14(22)18-13(10)21/h3-4,6H,5H2,1-2H3,(H,15,20)(H2,16,17,18,21,22)/b4-3+. The average molecular weight is 318 g/mol. The van der Waals surface area contributed by atoms with Crippen molar-refractivity contribution < 1.29 is 14.3 Å². The maximum atomic E-state index is 12.2. The minimum absolute atomic E-state index is 0.00959. The lowest BCUT2D eigenvalue weighted by atomic mass is 10.1. The summed E-state index contributed by atoms with van der Waals surface area (Å²) in [5.74, 6) is -1.08. The van der Waals surface area contributed by atoms with E-state index in [9.17, 15) is 19.2 Å². The molecule has 0 bridgehead atoms. The fourth-order valence-corrected chi connectivity index (χ4v) is 1.95. The highest BCUT2D eigenvalue weighted by atomic mass is 16.5. The van der Waals surface area contributed by atoms with Crippen LogP contribution in [0.4, 0.5) is 0 Å². The number of pyridine rings is 1. The number of aromatic amines is 2. The van der Waals surface area contributed by atoms with Crippen LogP contribution in [0.3, 0.4) is 0 Å². The normalized spacial score (nSPS) is 10.9. The van der Waals surface area contributed by atoms with E-state index in [1.807, 2.05) is 0 Å². The van der Waals surface area contributed by atoms with Crippen LogP contribution in [-0.4, -0.2) is 40.5 Å². The molecule has 0 spiro atoms. The number of esters is 1. The van der Waals surface area contributed by atoms with Gasteiger partial charge in [0.15, 0.2) is 0 Å². The van der Waals surface area contributed by atoms with Crippen molar-refractivity contribution in [2.75, 3.05) is 13.7 Å². The van der Waals surface area contributed by atoms with E-state index in [-0.39, 0.29) is 23.1 Å². The summed E-state index contributed by atoms with van der Waals surface area (Å²) in [6, 6.07) is 1.44. The second kappa shape index (κ2) is 6.69. The van der Waals surface area contributed by atoms with Crippen LogP contribution in [0.2, 0.25) is 0 Å². The molecule has 2 aromatic heterocycles. The molecule has 0 radical (unpaired) electrons. The molecule has 2 aromatic rings. The van der Waals surface area contributed by atoms with Crippen molar-refractivity contribution in [3.05, 3.63) is 50.3 Å². The van der Waals surface area contributed by atoms with Crippen molar-refractivity contribution in [2.24, 2.45) is 0 Å². The molecule has 0 aliphatic rings. The van der Waals surface area contributed by atoms with Crippen molar-refractivity contribution >= 4 is 22.9 Å². The second-order valence-corrected chi connectivity index (χ2v) is 4.58. The largest absolute Gasteiger partial charge is 0.466 e. The number of H-pyrrole nitrogens is 2. The number of nitrogens with zero attached hydrogens (tertiary/aromatic N) is 1. The number of methoxy groups -OCH3 is 1. The summed E-state index contributed by atoms with van der Waals surface area (Å²) in [6.45, 7) is 1.70. The molecule has 23 heavy (non-hydrogen) atoms. The molecule has 0 aromatic carbocycles. The quantitative estimate of drug-likeness (QED) is 0.508. The predicted octanol–water partition coefficient (Wildman–Crippen LogP) is -0.621. The van der Waals surface area contributed by atoms with E-state index in [2.05, 4.69) is 25.0 Å². The molecule has 9 heteroatoms. The van der Waals surface area contributed by atoms with Gasteiger partial charge in [0.1, 0.15) is 5.65 Å². The minimum atomic E-state index is -0.702. The highest BCUT2D eigenvalue weighted by Crippen LogP contribution is 2.11. The van der Waals surface area contributed by atoms with E-state index in [0.29, 0.717) is 5.69 Å². The zero-order valence-corrected chi connectivity index (χ0v) is 12.4. The van der Waals surface area contributed by atoms with E-state index in [1.54, 1.807) is 6.92 Å². The van der Waals surface area contributed by atoms with Crippen molar-refractivity contribution in [1.29, 1.82) is 0 Å². The molecule has 0 aliphatic carbocycles. The highest BCUT2D eigenvalue weighted by Gasteiger charge is 2.15. The Morgan fingerprint density at radius 1 is 1.35 bits per heavy atom. The molecule has 0 unspecified atom stereocenters. The predicted molar refractivity (Wildman–Crippen MR) is 81.2 cm³/mol. The summed E-state index contributed by atoms with van der Waals surface area (Å²) in [6.07, 6.45) is 2.58. The van der Waals surface area contributed by atoms with Crippen molar-refractivity contribution in [2.45, 2.75) is 6.92 Å². The number of amides is 1. The van der Waals surface area contributed by atoms with Crippen LogP contribution in [0.15, 0.2) is 27.8 Å². The maximum absolute atomic E-state index is 12.2. The fraction of sp³-hybridized carbons (Fsp3) is 0.214. The molecular formula is C14H14N4O5. The summed E-state index contributed by atoms with van der Waals surface area (Å²) >= 11 is 0. The van der Waals surface area contributed by atoms with Gasteiger partial charge < -0.3 is 10.1 Å². The van der Waals surface area contributed by atoms with Gasteiger partial charge in [0.2, 0.25) is 0 Å². The molecule has 2 heterocycles. The van der Waals surface area contributed by atoms with E-state index in [0.717, 1.165) is 0 Å². The van der Waals surface area contributed by atoms with Crippen molar-refractivity contribution in [3.63, 3.8) is 0 Å². The first-order valence-corrected chi connectivity index (χ1v) is 6.59. The minimum Gasteiger partial charge on any atom is -0.466 e. The van der Waals surface area contributed by atoms with Gasteiger partial charge >= 0.3 is 11.7 Å². The Morgan fingerprint density at radius 3 is 2.78 bits per heavy atom. The molecule has 1 amide bonds. The second-order valence-electron chi connectivity index (χ2n) is 4.58. The number of ether oxygens (including phenoxy) is 1. The number of fused-ring (bicyclic) bond motifs is 1. The van der Waals surface area contributed by atoms with E-state index in [1.165, 1.54) is 25.3 Å². The first kappa shape index (κ1) is 16.1. The number of hydrogen-bond acceptors (Lipinski definition) is 6. The van der Waals surface area contributed by atoms with Crippen LogP contribution in [0, 0.1) is 6.92 Å². The molecule has 3 N–H and O–H groups in total. The number of hydrogen-bond donors (Lipinski definition) is 3. The molecule has 0 atom stereocenters. The number of nitrogens with one attached hydrogen (secondary N) is 3. The van der Waals surface area contributed by atoms with Gasteiger partial charge in [-0.3, -0.25) is 19.6 Å². The third-order valence-electron chi connectivity index (χ3n) is 2.91. The third-order valence-corrected chi connectivity index (χ3v) is 2.91. The summed E-state index contributed by atoms with van der Waals surface area (Å²) in [5.41, 5.74) is -0.820. The Morgan fingerprint density at radius 2 is 2.09 bits per heavy atom. The van der Waals surface area contributed by atoms with Gasteiger partial charge in [-0.1, -0.05) is 6.08 Å². The maximum Gasteiger partial charge on any atom is 0.330 e. The molecule has 0 saturated carbocycles. The number of aromatic nitrogens is 3. The van der Waals surface area contributed by atoms with Gasteiger partial charge in [0, 0.05) is 18.3 Å². The van der Waals surface area contributed by atoms with E-state index >= 15 is 0 Å². The van der Waals surface area contributed by atoms with Crippen molar-refractivity contribution in [1.82, 2.24) is 20.3 Å². The van der Waals surface area contributed by atoms with Crippen LogP contribution in [0.5, 0.6) is 0 Å². The summed E-state index contributed by atoms with van der Waals surface area (Å²) in [4.78, 5) is 54.8. The lowest BCUT2D eigenvalue weighted by Crippen LogP contribution is -2.28. The monoisotopic (exact) mass is 318 g/mol. The average Bonchev–Trinajstić information content (AvgIpc) is 2.49.